The Morgan fingerprint density at radius 1 is 1.38 bits per heavy atom. The van der Waals surface area contributed by atoms with E-state index in [4.69, 9.17) is 9.15 Å². The van der Waals surface area contributed by atoms with Crippen LogP contribution in [0.2, 0.25) is 0 Å². The standard InChI is InChI=1S/C15H19NO5/c1-9(2)8-20-14(18)10(3)16-12-6-11(7-17)4-5-13(12)21-15(16)19/h4-6,9-10,17H,7-8H2,1-3H3. The van der Waals surface area contributed by atoms with Crippen LogP contribution in [-0.4, -0.2) is 22.2 Å². The van der Waals surface area contributed by atoms with Crippen molar-refractivity contribution >= 4 is 17.1 Å². The molecule has 0 amide bonds. The molecule has 0 bridgehead atoms. The third-order valence-corrected chi connectivity index (χ3v) is 3.15. The van der Waals surface area contributed by atoms with Gasteiger partial charge >= 0.3 is 11.7 Å². The van der Waals surface area contributed by atoms with Crippen LogP contribution >= 0.6 is 0 Å². The van der Waals surface area contributed by atoms with Gasteiger partial charge in [0, 0.05) is 0 Å². The van der Waals surface area contributed by atoms with Gasteiger partial charge < -0.3 is 14.3 Å². The summed E-state index contributed by atoms with van der Waals surface area (Å²) in [5.41, 5.74) is 1.49. The Balaban J connectivity index is 2.38. The minimum absolute atomic E-state index is 0.151. The number of fused-ring (bicyclic) bond motifs is 1. The Labute approximate surface area is 121 Å². The summed E-state index contributed by atoms with van der Waals surface area (Å²) in [5.74, 6) is -0.878. The van der Waals surface area contributed by atoms with Crippen LogP contribution in [-0.2, 0) is 16.1 Å². The minimum atomic E-state index is -0.786. The number of carbonyl (C=O) groups is 1. The molecular formula is C15H19NO5. The molecule has 6 heteroatoms. The average Bonchev–Trinajstić information content (AvgIpc) is 2.78. The number of carbonyl (C=O) groups excluding carboxylic acids is 1. The lowest BCUT2D eigenvalue weighted by Crippen LogP contribution is -2.27. The first-order valence-corrected chi connectivity index (χ1v) is 6.85. The SMILES string of the molecule is CC(C)COC(=O)C(C)n1c(=O)oc2ccc(CO)cc21. The van der Waals surface area contributed by atoms with Gasteiger partial charge in [0.15, 0.2) is 5.58 Å². The first-order chi connectivity index (χ1) is 9.93. The number of benzene rings is 1. The number of aliphatic hydroxyl groups is 1. The summed E-state index contributed by atoms with van der Waals surface area (Å²) in [7, 11) is 0. The largest absolute Gasteiger partial charge is 0.464 e. The van der Waals surface area contributed by atoms with Crippen LogP contribution in [0.5, 0.6) is 0 Å². The molecule has 21 heavy (non-hydrogen) atoms. The number of esters is 1. The summed E-state index contributed by atoms with van der Waals surface area (Å²) in [6.07, 6.45) is 0. The van der Waals surface area contributed by atoms with Crippen molar-refractivity contribution < 1.29 is 19.1 Å². The lowest BCUT2D eigenvalue weighted by molar-refractivity contribution is -0.148. The molecule has 6 nitrogen and oxygen atoms in total. The summed E-state index contributed by atoms with van der Waals surface area (Å²) >= 11 is 0. The molecule has 0 fully saturated rings. The molecule has 0 saturated carbocycles. The highest BCUT2D eigenvalue weighted by Crippen LogP contribution is 2.19. The maximum atomic E-state index is 12.0. The molecular weight excluding hydrogens is 274 g/mol. The van der Waals surface area contributed by atoms with Gasteiger partial charge in [-0.2, -0.15) is 0 Å². The lowest BCUT2D eigenvalue weighted by atomic mass is 10.2. The van der Waals surface area contributed by atoms with Crippen molar-refractivity contribution in [2.75, 3.05) is 6.61 Å². The number of ether oxygens (including phenoxy) is 1. The normalized spacial score (nSPS) is 12.8. The molecule has 114 valence electrons. The van der Waals surface area contributed by atoms with E-state index in [0.29, 0.717) is 23.3 Å². The van der Waals surface area contributed by atoms with Crippen molar-refractivity contribution in [2.24, 2.45) is 5.92 Å². The van der Waals surface area contributed by atoms with Gasteiger partial charge in [-0.05, 0) is 30.5 Å². The van der Waals surface area contributed by atoms with Gasteiger partial charge in [-0.25, -0.2) is 9.59 Å². The highest BCUT2D eigenvalue weighted by molar-refractivity contribution is 5.79. The van der Waals surface area contributed by atoms with Crippen molar-refractivity contribution in [3.05, 3.63) is 34.3 Å². The molecule has 1 heterocycles. The van der Waals surface area contributed by atoms with E-state index in [-0.39, 0.29) is 12.5 Å². The van der Waals surface area contributed by atoms with Crippen molar-refractivity contribution in [1.29, 1.82) is 0 Å². The van der Waals surface area contributed by atoms with Gasteiger partial charge in [-0.1, -0.05) is 19.9 Å². The van der Waals surface area contributed by atoms with Crippen LogP contribution in [0.4, 0.5) is 0 Å². The van der Waals surface area contributed by atoms with Crippen molar-refractivity contribution in [3.8, 4) is 0 Å². The van der Waals surface area contributed by atoms with Gasteiger partial charge in [-0.15, -0.1) is 0 Å². The highest BCUT2D eigenvalue weighted by atomic mass is 16.5. The van der Waals surface area contributed by atoms with Gasteiger partial charge in [0.25, 0.3) is 0 Å². The van der Waals surface area contributed by atoms with E-state index in [1.165, 1.54) is 4.57 Å². The molecule has 2 rings (SSSR count). The summed E-state index contributed by atoms with van der Waals surface area (Å²) in [6, 6.07) is 4.11. The van der Waals surface area contributed by atoms with Crippen molar-refractivity contribution in [1.82, 2.24) is 4.57 Å². The highest BCUT2D eigenvalue weighted by Gasteiger charge is 2.23. The first-order valence-electron chi connectivity index (χ1n) is 6.85. The second-order valence-corrected chi connectivity index (χ2v) is 5.40. The zero-order valence-electron chi connectivity index (χ0n) is 12.3. The molecule has 1 aromatic heterocycles. The van der Waals surface area contributed by atoms with E-state index in [0.717, 1.165) is 0 Å². The van der Waals surface area contributed by atoms with Gasteiger partial charge in [0.2, 0.25) is 0 Å². The molecule has 2 aromatic rings. The monoisotopic (exact) mass is 293 g/mol. The lowest BCUT2D eigenvalue weighted by Gasteiger charge is -2.13. The third-order valence-electron chi connectivity index (χ3n) is 3.15. The fourth-order valence-corrected chi connectivity index (χ4v) is 2.02. The number of oxazole rings is 1. The summed E-state index contributed by atoms with van der Waals surface area (Å²) in [5, 5.41) is 9.18. The van der Waals surface area contributed by atoms with Crippen molar-refractivity contribution in [2.45, 2.75) is 33.4 Å². The molecule has 1 unspecified atom stereocenters. The second kappa shape index (κ2) is 6.13. The van der Waals surface area contributed by atoms with Crippen LogP contribution in [0.25, 0.3) is 11.1 Å². The summed E-state index contributed by atoms with van der Waals surface area (Å²) in [6.45, 7) is 5.61. The van der Waals surface area contributed by atoms with Crippen molar-refractivity contribution in [3.63, 3.8) is 0 Å². The van der Waals surface area contributed by atoms with E-state index >= 15 is 0 Å². The maximum absolute atomic E-state index is 12.0. The fourth-order valence-electron chi connectivity index (χ4n) is 2.02. The summed E-state index contributed by atoms with van der Waals surface area (Å²) in [4.78, 5) is 24.0. The topological polar surface area (TPSA) is 81.7 Å². The average molecular weight is 293 g/mol. The van der Waals surface area contributed by atoms with Gasteiger partial charge in [0.1, 0.15) is 6.04 Å². The Morgan fingerprint density at radius 2 is 2.10 bits per heavy atom. The van der Waals surface area contributed by atoms with Gasteiger partial charge in [-0.3, -0.25) is 4.57 Å². The predicted octanol–water partition coefficient (Wildman–Crippen LogP) is 1.85. The van der Waals surface area contributed by atoms with Crippen LogP contribution < -0.4 is 5.76 Å². The smallest absolute Gasteiger partial charge is 0.420 e. The van der Waals surface area contributed by atoms with Crippen LogP contribution in [0.1, 0.15) is 32.4 Å². The number of hydrogen-bond acceptors (Lipinski definition) is 5. The predicted molar refractivity (Wildman–Crippen MR) is 76.9 cm³/mol. The summed E-state index contributed by atoms with van der Waals surface area (Å²) < 4.78 is 11.5. The zero-order valence-corrected chi connectivity index (χ0v) is 12.3. The number of rotatable bonds is 5. The number of aliphatic hydroxyl groups excluding tert-OH is 1. The Bertz CT molecular complexity index is 698. The third kappa shape index (κ3) is 3.16. The van der Waals surface area contributed by atoms with Crippen LogP contribution in [0.3, 0.4) is 0 Å². The number of hydrogen-bond donors (Lipinski definition) is 1. The van der Waals surface area contributed by atoms with E-state index in [1.54, 1.807) is 25.1 Å². The van der Waals surface area contributed by atoms with E-state index in [9.17, 15) is 14.7 Å². The van der Waals surface area contributed by atoms with E-state index in [2.05, 4.69) is 0 Å². The van der Waals surface area contributed by atoms with Crippen LogP contribution in [0, 0.1) is 5.92 Å². The molecule has 1 aromatic carbocycles. The molecule has 0 radical (unpaired) electrons. The quantitative estimate of drug-likeness (QED) is 0.851. The molecule has 0 saturated heterocycles. The van der Waals surface area contributed by atoms with E-state index < -0.39 is 17.8 Å². The van der Waals surface area contributed by atoms with E-state index in [1.807, 2.05) is 13.8 Å². The number of nitrogens with zero attached hydrogens (tertiary/aromatic N) is 1. The fraction of sp³-hybridized carbons (Fsp3) is 0.467. The maximum Gasteiger partial charge on any atom is 0.420 e. The molecule has 0 aliphatic rings. The molecule has 0 aliphatic heterocycles. The Kier molecular flexibility index (Phi) is 4.47. The molecule has 0 spiro atoms. The Hall–Kier alpha value is -2.08. The zero-order chi connectivity index (χ0) is 15.6. The first kappa shape index (κ1) is 15.3. The van der Waals surface area contributed by atoms with Gasteiger partial charge in [0.05, 0.1) is 18.7 Å². The number of aromatic nitrogens is 1. The minimum Gasteiger partial charge on any atom is -0.464 e. The molecule has 1 N–H and O–H groups in total. The second-order valence-electron chi connectivity index (χ2n) is 5.40. The van der Waals surface area contributed by atoms with Crippen LogP contribution in [0.15, 0.2) is 27.4 Å². The Morgan fingerprint density at radius 3 is 2.71 bits per heavy atom. The molecule has 1 atom stereocenters. The molecule has 0 aliphatic carbocycles.